The minimum atomic E-state index is -0.106. The summed E-state index contributed by atoms with van der Waals surface area (Å²) >= 11 is 0. The Morgan fingerprint density at radius 2 is 1.56 bits per heavy atom. The van der Waals surface area contributed by atoms with Crippen LogP contribution in [0.5, 0.6) is 0 Å². The van der Waals surface area contributed by atoms with Gasteiger partial charge in [0, 0.05) is 32.7 Å². The summed E-state index contributed by atoms with van der Waals surface area (Å²) in [6, 6.07) is 0. The van der Waals surface area contributed by atoms with Gasteiger partial charge in [-0.1, -0.05) is 20.8 Å². The number of carbonyl (C=O) groups is 1. The number of ether oxygens (including phenoxy) is 1. The predicted molar refractivity (Wildman–Crippen MR) is 73.6 cm³/mol. The number of carbonyl (C=O) groups excluding carboxylic acids is 1. The fraction of sp³-hybridized carbons (Fsp3) is 0.929. The van der Waals surface area contributed by atoms with Crippen molar-refractivity contribution in [2.75, 3.05) is 46.4 Å². The van der Waals surface area contributed by atoms with Gasteiger partial charge in [0.15, 0.2) is 0 Å². The Labute approximate surface area is 111 Å². The van der Waals surface area contributed by atoms with Crippen LogP contribution in [-0.2, 0) is 9.53 Å². The molecular formula is C14H28N2O2. The second-order valence-electron chi connectivity index (χ2n) is 6.32. The third-order valence-electron chi connectivity index (χ3n) is 3.50. The molecule has 0 atom stereocenters. The highest BCUT2D eigenvalue weighted by Gasteiger charge is 2.19. The van der Waals surface area contributed by atoms with E-state index < -0.39 is 0 Å². The van der Waals surface area contributed by atoms with Gasteiger partial charge >= 0.3 is 5.97 Å². The number of piperazine rings is 1. The van der Waals surface area contributed by atoms with Crippen molar-refractivity contribution >= 4 is 5.97 Å². The number of methoxy groups -OCH3 is 1. The molecule has 0 aromatic carbocycles. The highest BCUT2D eigenvalue weighted by atomic mass is 16.5. The number of esters is 1. The quantitative estimate of drug-likeness (QED) is 0.700. The predicted octanol–water partition coefficient (Wildman–Crippen LogP) is 1.60. The maximum atomic E-state index is 11.1. The van der Waals surface area contributed by atoms with Crippen LogP contribution < -0.4 is 0 Å². The maximum Gasteiger partial charge on any atom is 0.306 e. The van der Waals surface area contributed by atoms with E-state index in [0.29, 0.717) is 11.8 Å². The number of rotatable bonds is 5. The largest absolute Gasteiger partial charge is 0.469 e. The van der Waals surface area contributed by atoms with E-state index in [1.807, 2.05) is 0 Å². The molecule has 4 nitrogen and oxygen atoms in total. The van der Waals surface area contributed by atoms with Crippen molar-refractivity contribution in [3.63, 3.8) is 0 Å². The molecule has 4 heteroatoms. The van der Waals surface area contributed by atoms with E-state index in [2.05, 4.69) is 35.3 Å². The third kappa shape index (κ3) is 6.36. The molecule has 1 saturated heterocycles. The Morgan fingerprint density at radius 3 is 2.00 bits per heavy atom. The molecule has 0 bridgehead atoms. The lowest BCUT2D eigenvalue weighted by Crippen LogP contribution is -2.47. The standard InChI is InChI=1S/C14H28N2O2/c1-14(2,3)6-8-16-11-9-15(10-12-16)7-5-13(17)18-4/h5-12H2,1-4H3. The van der Waals surface area contributed by atoms with Crippen molar-refractivity contribution in [2.24, 2.45) is 5.41 Å². The van der Waals surface area contributed by atoms with Gasteiger partial charge in [-0.25, -0.2) is 0 Å². The summed E-state index contributed by atoms with van der Waals surface area (Å²) in [5.74, 6) is -0.106. The van der Waals surface area contributed by atoms with Gasteiger partial charge in [-0.15, -0.1) is 0 Å². The van der Waals surface area contributed by atoms with E-state index in [0.717, 1.165) is 32.7 Å². The molecule has 0 unspecified atom stereocenters. The fourth-order valence-electron chi connectivity index (χ4n) is 2.08. The average molecular weight is 256 g/mol. The van der Waals surface area contributed by atoms with Crippen molar-refractivity contribution in [2.45, 2.75) is 33.6 Å². The van der Waals surface area contributed by atoms with Crippen molar-refractivity contribution < 1.29 is 9.53 Å². The summed E-state index contributed by atoms with van der Waals surface area (Å²) < 4.78 is 4.66. The topological polar surface area (TPSA) is 32.8 Å². The molecular weight excluding hydrogens is 228 g/mol. The van der Waals surface area contributed by atoms with Crippen LogP contribution in [0.3, 0.4) is 0 Å². The first-order chi connectivity index (χ1) is 8.40. The molecule has 0 aliphatic carbocycles. The first-order valence-corrected chi connectivity index (χ1v) is 6.92. The van der Waals surface area contributed by atoms with Gasteiger partial charge in [0.25, 0.3) is 0 Å². The zero-order valence-electron chi connectivity index (χ0n) is 12.4. The third-order valence-corrected chi connectivity index (χ3v) is 3.50. The van der Waals surface area contributed by atoms with Crippen LogP contribution >= 0.6 is 0 Å². The average Bonchev–Trinajstić information content (AvgIpc) is 2.33. The van der Waals surface area contributed by atoms with Gasteiger partial charge in [0.1, 0.15) is 0 Å². The molecule has 1 aliphatic rings. The normalized spacial score (nSPS) is 18.9. The Kier molecular flexibility index (Phi) is 6.09. The van der Waals surface area contributed by atoms with Gasteiger partial charge in [0.2, 0.25) is 0 Å². The first kappa shape index (κ1) is 15.4. The SMILES string of the molecule is COC(=O)CCN1CCN(CCC(C)(C)C)CC1. The number of hydrogen-bond donors (Lipinski definition) is 0. The molecule has 0 aromatic rings. The Hall–Kier alpha value is -0.610. The fourth-order valence-corrected chi connectivity index (χ4v) is 2.08. The summed E-state index contributed by atoms with van der Waals surface area (Å²) in [4.78, 5) is 16.0. The molecule has 0 saturated carbocycles. The van der Waals surface area contributed by atoms with E-state index >= 15 is 0 Å². The summed E-state index contributed by atoms with van der Waals surface area (Å²) in [5, 5.41) is 0. The van der Waals surface area contributed by atoms with E-state index in [1.54, 1.807) is 0 Å². The van der Waals surface area contributed by atoms with Crippen LogP contribution in [0.1, 0.15) is 33.6 Å². The van der Waals surface area contributed by atoms with Crippen molar-refractivity contribution in [3.8, 4) is 0 Å². The van der Waals surface area contributed by atoms with Crippen LogP contribution in [0.2, 0.25) is 0 Å². The lowest BCUT2D eigenvalue weighted by molar-refractivity contribution is -0.141. The maximum absolute atomic E-state index is 11.1. The Balaban J connectivity index is 2.15. The minimum Gasteiger partial charge on any atom is -0.469 e. The zero-order chi connectivity index (χ0) is 13.6. The summed E-state index contributed by atoms with van der Waals surface area (Å²) in [7, 11) is 1.45. The minimum absolute atomic E-state index is 0.106. The molecule has 0 spiro atoms. The molecule has 106 valence electrons. The number of hydrogen-bond acceptors (Lipinski definition) is 4. The zero-order valence-corrected chi connectivity index (χ0v) is 12.4. The molecule has 0 amide bonds. The van der Waals surface area contributed by atoms with Crippen molar-refractivity contribution in [1.29, 1.82) is 0 Å². The second kappa shape index (κ2) is 7.10. The first-order valence-electron chi connectivity index (χ1n) is 6.92. The lowest BCUT2D eigenvalue weighted by Gasteiger charge is -2.35. The molecule has 0 aromatic heterocycles. The van der Waals surface area contributed by atoms with E-state index in [-0.39, 0.29) is 5.97 Å². The summed E-state index contributed by atoms with van der Waals surface area (Å²) in [6.45, 7) is 13.3. The van der Waals surface area contributed by atoms with E-state index in [1.165, 1.54) is 20.1 Å². The second-order valence-corrected chi connectivity index (χ2v) is 6.32. The smallest absolute Gasteiger partial charge is 0.306 e. The summed E-state index contributed by atoms with van der Waals surface area (Å²) in [5.41, 5.74) is 0.419. The van der Waals surface area contributed by atoms with Crippen molar-refractivity contribution in [1.82, 2.24) is 9.80 Å². The molecule has 0 N–H and O–H groups in total. The van der Waals surface area contributed by atoms with Gasteiger partial charge in [0.05, 0.1) is 13.5 Å². The molecule has 0 radical (unpaired) electrons. The van der Waals surface area contributed by atoms with Gasteiger partial charge in [-0.2, -0.15) is 0 Å². The van der Waals surface area contributed by atoms with E-state index in [4.69, 9.17) is 0 Å². The van der Waals surface area contributed by atoms with Crippen LogP contribution in [0.15, 0.2) is 0 Å². The van der Waals surface area contributed by atoms with Gasteiger partial charge in [-0.3, -0.25) is 4.79 Å². The Morgan fingerprint density at radius 1 is 1.06 bits per heavy atom. The van der Waals surface area contributed by atoms with Crippen LogP contribution in [0.25, 0.3) is 0 Å². The Bertz CT molecular complexity index is 253. The van der Waals surface area contributed by atoms with Gasteiger partial charge < -0.3 is 14.5 Å². The monoisotopic (exact) mass is 256 g/mol. The number of nitrogens with zero attached hydrogens (tertiary/aromatic N) is 2. The highest BCUT2D eigenvalue weighted by Crippen LogP contribution is 2.19. The highest BCUT2D eigenvalue weighted by molar-refractivity contribution is 5.69. The van der Waals surface area contributed by atoms with Crippen LogP contribution in [0.4, 0.5) is 0 Å². The molecule has 1 heterocycles. The van der Waals surface area contributed by atoms with Crippen LogP contribution in [0, 0.1) is 5.41 Å². The summed E-state index contributed by atoms with van der Waals surface area (Å²) in [6.07, 6.45) is 1.76. The molecule has 1 fully saturated rings. The molecule has 1 aliphatic heterocycles. The van der Waals surface area contributed by atoms with E-state index in [9.17, 15) is 4.79 Å². The molecule has 1 rings (SSSR count). The lowest BCUT2D eigenvalue weighted by atomic mass is 9.92. The van der Waals surface area contributed by atoms with Crippen LogP contribution in [-0.4, -0.2) is 62.1 Å². The van der Waals surface area contributed by atoms with Gasteiger partial charge in [-0.05, 0) is 18.4 Å². The van der Waals surface area contributed by atoms with Crippen molar-refractivity contribution in [3.05, 3.63) is 0 Å². The molecule has 18 heavy (non-hydrogen) atoms.